The zero-order valence-electron chi connectivity index (χ0n) is 13.9. The van der Waals surface area contributed by atoms with Gasteiger partial charge in [0.25, 0.3) is 0 Å². The molecule has 1 aromatic carbocycles. The van der Waals surface area contributed by atoms with Crippen molar-refractivity contribution >= 4 is 35.6 Å². The highest BCUT2D eigenvalue weighted by molar-refractivity contribution is 6.02. The summed E-state index contributed by atoms with van der Waals surface area (Å²) in [6, 6.07) is 7.59. The Kier molecular flexibility index (Phi) is 7.06. The van der Waals surface area contributed by atoms with Crippen molar-refractivity contribution in [3.63, 3.8) is 0 Å². The predicted molar refractivity (Wildman–Crippen MR) is 98.7 cm³/mol. The zero-order chi connectivity index (χ0) is 16.1. The normalized spacial score (nSPS) is 18.3. The Labute approximate surface area is 149 Å². The molecule has 2 fully saturated rings. The number of carbonyl (C=O) groups is 2. The average Bonchev–Trinajstić information content (AvgIpc) is 3.00. The molecular weight excluding hydrogens is 326 g/mol. The maximum atomic E-state index is 12.3. The summed E-state index contributed by atoms with van der Waals surface area (Å²) in [5.41, 5.74) is 1.57. The van der Waals surface area contributed by atoms with Gasteiger partial charge in [0.05, 0.1) is 11.4 Å². The lowest BCUT2D eigenvalue weighted by Gasteiger charge is -2.23. The van der Waals surface area contributed by atoms with E-state index in [-0.39, 0.29) is 24.2 Å². The van der Waals surface area contributed by atoms with E-state index in [1.165, 1.54) is 0 Å². The first-order valence-electron chi connectivity index (χ1n) is 8.64. The molecule has 0 aliphatic carbocycles. The summed E-state index contributed by atoms with van der Waals surface area (Å²) < 4.78 is 0. The summed E-state index contributed by atoms with van der Waals surface area (Å²) in [5.74, 6) is 0.835. The molecule has 2 amide bonds. The molecule has 0 saturated carbocycles. The van der Waals surface area contributed by atoms with E-state index in [1.807, 2.05) is 24.3 Å². The van der Waals surface area contributed by atoms with E-state index in [0.717, 1.165) is 56.7 Å². The number of para-hydroxylation sites is 2. The standard InChI is InChI=1S/C18H25N3O2.ClH/c22-17(8-7-14-9-11-19-12-10-14)20-15-4-1-2-5-16(15)21-13-3-6-18(21)23;/h1-2,4-5,14,19H,3,6-13H2,(H,20,22);1H. The maximum absolute atomic E-state index is 12.3. The summed E-state index contributed by atoms with van der Waals surface area (Å²) in [5, 5.41) is 6.35. The SMILES string of the molecule is Cl.O=C(CCC1CCNCC1)Nc1ccccc1N1CCCC1=O. The minimum Gasteiger partial charge on any atom is -0.324 e. The Morgan fingerprint density at radius 2 is 2.00 bits per heavy atom. The summed E-state index contributed by atoms with van der Waals surface area (Å²) in [6.45, 7) is 2.86. The van der Waals surface area contributed by atoms with E-state index in [9.17, 15) is 9.59 Å². The second-order valence-corrected chi connectivity index (χ2v) is 6.45. The van der Waals surface area contributed by atoms with Crippen molar-refractivity contribution < 1.29 is 9.59 Å². The number of benzene rings is 1. The second kappa shape index (κ2) is 9.04. The minimum atomic E-state index is 0. The summed E-state index contributed by atoms with van der Waals surface area (Å²) in [6.07, 6.45) is 5.29. The van der Waals surface area contributed by atoms with Gasteiger partial charge in [-0.25, -0.2) is 0 Å². The molecule has 2 saturated heterocycles. The lowest BCUT2D eigenvalue weighted by Crippen LogP contribution is -2.28. The molecule has 0 unspecified atom stereocenters. The number of rotatable bonds is 5. The lowest BCUT2D eigenvalue weighted by molar-refractivity contribution is -0.117. The van der Waals surface area contributed by atoms with Crippen molar-refractivity contribution in [2.24, 2.45) is 5.92 Å². The highest BCUT2D eigenvalue weighted by atomic mass is 35.5. The number of amides is 2. The van der Waals surface area contributed by atoms with Gasteiger partial charge in [-0.15, -0.1) is 12.4 Å². The minimum absolute atomic E-state index is 0. The molecule has 2 aliphatic heterocycles. The molecule has 0 spiro atoms. The third-order valence-corrected chi connectivity index (χ3v) is 4.78. The van der Waals surface area contributed by atoms with E-state index < -0.39 is 0 Å². The molecule has 5 nitrogen and oxygen atoms in total. The highest BCUT2D eigenvalue weighted by Gasteiger charge is 2.24. The molecule has 132 valence electrons. The van der Waals surface area contributed by atoms with Crippen LogP contribution >= 0.6 is 12.4 Å². The first-order valence-corrected chi connectivity index (χ1v) is 8.64. The Morgan fingerprint density at radius 1 is 1.25 bits per heavy atom. The number of hydrogen-bond acceptors (Lipinski definition) is 3. The molecule has 0 bridgehead atoms. The number of piperidine rings is 1. The van der Waals surface area contributed by atoms with Gasteiger partial charge in [0.2, 0.25) is 11.8 Å². The summed E-state index contributed by atoms with van der Waals surface area (Å²) in [7, 11) is 0. The van der Waals surface area contributed by atoms with Gasteiger partial charge >= 0.3 is 0 Å². The van der Waals surface area contributed by atoms with Crippen LogP contribution in [0.15, 0.2) is 24.3 Å². The fourth-order valence-corrected chi connectivity index (χ4v) is 3.44. The fraction of sp³-hybridized carbons (Fsp3) is 0.556. The second-order valence-electron chi connectivity index (χ2n) is 6.45. The topological polar surface area (TPSA) is 61.4 Å². The molecule has 6 heteroatoms. The number of nitrogens with zero attached hydrogens (tertiary/aromatic N) is 1. The van der Waals surface area contributed by atoms with Crippen molar-refractivity contribution in [1.82, 2.24) is 5.32 Å². The number of hydrogen-bond donors (Lipinski definition) is 2. The van der Waals surface area contributed by atoms with Gasteiger partial charge < -0.3 is 15.5 Å². The van der Waals surface area contributed by atoms with Crippen LogP contribution in [0.25, 0.3) is 0 Å². The number of anilines is 2. The smallest absolute Gasteiger partial charge is 0.227 e. The average molecular weight is 352 g/mol. The first kappa shape index (κ1) is 18.7. The Balaban J connectivity index is 0.00000208. The Hall–Kier alpha value is -1.59. The highest BCUT2D eigenvalue weighted by Crippen LogP contribution is 2.29. The molecule has 3 rings (SSSR count). The summed E-state index contributed by atoms with van der Waals surface area (Å²) >= 11 is 0. The quantitative estimate of drug-likeness (QED) is 0.857. The third kappa shape index (κ3) is 4.71. The van der Waals surface area contributed by atoms with Gasteiger partial charge in [0, 0.05) is 19.4 Å². The largest absolute Gasteiger partial charge is 0.324 e. The molecule has 0 radical (unpaired) electrons. The Morgan fingerprint density at radius 3 is 2.71 bits per heavy atom. The molecule has 0 atom stereocenters. The van der Waals surface area contributed by atoms with Crippen molar-refractivity contribution in [3.8, 4) is 0 Å². The van der Waals surface area contributed by atoms with Crippen molar-refractivity contribution in [2.75, 3.05) is 29.9 Å². The van der Waals surface area contributed by atoms with Crippen LogP contribution in [0, 0.1) is 5.92 Å². The van der Waals surface area contributed by atoms with Crippen LogP contribution in [0.5, 0.6) is 0 Å². The Bertz CT molecular complexity index is 573. The number of nitrogens with one attached hydrogen (secondary N) is 2. The molecule has 0 aromatic heterocycles. The van der Waals surface area contributed by atoms with Crippen LogP contribution in [-0.4, -0.2) is 31.4 Å². The molecular formula is C18H26ClN3O2. The van der Waals surface area contributed by atoms with Gasteiger partial charge in [0.15, 0.2) is 0 Å². The van der Waals surface area contributed by atoms with Crippen LogP contribution in [0.2, 0.25) is 0 Å². The van der Waals surface area contributed by atoms with Crippen LogP contribution in [0.1, 0.15) is 38.5 Å². The van der Waals surface area contributed by atoms with Gasteiger partial charge in [-0.3, -0.25) is 9.59 Å². The number of carbonyl (C=O) groups excluding carboxylic acids is 2. The van der Waals surface area contributed by atoms with Gasteiger partial charge in [0.1, 0.15) is 0 Å². The van der Waals surface area contributed by atoms with Crippen molar-refractivity contribution in [1.29, 1.82) is 0 Å². The van der Waals surface area contributed by atoms with Gasteiger partial charge in [-0.2, -0.15) is 0 Å². The van der Waals surface area contributed by atoms with E-state index in [0.29, 0.717) is 18.8 Å². The molecule has 24 heavy (non-hydrogen) atoms. The monoisotopic (exact) mass is 351 g/mol. The lowest BCUT2D eigenvalue weighted by atomic mass is 9.93. The van der Waals surface area contributed by atoms with E-state index in [2.05, 4.69) is 10.6 Å². The molecule has 1 aromatic rings. The molecule has 2 aliphatic rings. The van der Waals surface area contributed by atoms with E-state index in [4.69, 9.17) is 0 Å². The van der Waals surface area contributed by atoms with Crippen LogP contribution in [0.3, 0.4) is 0 Å². The van der Waals surface area contributed by atoms with Crippen molar-refractivity contribution in [2.45, 2.75) is 38.5 Å². The fourth-order valence-electron chi connectivity index (χ4n) is 3.44. The predicted octanol–water partition coefficient (Wildman–Crippen LogP) is 2.95. The number of halogens is 1. The molecule has 2 heterocycles. The third-order valence-electron chi connectivity index (χ3n) is 4.78. The maximum Gasteiger partial charge on any atom is 0.227 e. The van der Waals surface area contributed by atoms with E-state index >= 15 is 0 Å². The summed E-state index contributed by atoms with van der Waals surface area (Å²) in [4.78, 5) is 26.0. The van der Waals surface area contributed by atoms with Crippen molar-refractivity contribution in [3.05, 3.63) is 24.3 Å². The molecule has 2 N–H and O–H groups in total. The zero-order valence-corrected chi connectivity index (χ0v) is 14.7. The van der Waals surface area contributed by atoms with E-state index in [1.54, 1.807) is 4.90 Å². The van der Waals surface area contributed by atoms with Crippen LogP contribution < -0.4 is 15.5 Å². The van der Waals surface area contributed by atoms with Crippen LogP contribution in [0.4, 0.5) is 11.4 Å². The van der Waals surface area contributed by atoms with Gasteiger partial charge in [-0.1, -0.05) is 12.1 Å². The first-order chi connectivity index (χ1) is 11.2. The van der Waals surface area contributed by atoms with Crippen LogP contribution in [-0.2, 0) is 9.59 Å². The van der Waals surface area contributed by atoms with Gasteiger partial charge in [-0.05, 0) is 56.8 Å².